The SMILES string of the molecule is CCc1ccc2c(c1)N(C)c1ccc(OC)cc1S2. The van der Waals surface area contributed by atoms with Gasteiger partial charge in [-0.15, -0.1) is 0 Å². The number of ether oxygens (including phenoxy) is 1. The van der Waals surface area contributed by atoms with Gasteiger partial charge in [-0.3, -0.25) is 0 Å². The summed E-state index contributed by atoms with van der Waals surface area (Å²) >= 11 is 1.81. The fraction of sp³-hybridized carbons (Fsp3) is 0.250. The van der Waals surface area contributed by atoms with Gasteiger partial charge in [0.2, 0.25) is 0 Å². The molecule has 0 aliphatic carbocycles. The molecule has 0 N–H and O–H groups in total. The number of hydrogen-bond acceptors (Lipinski definition) is 3. The predicted octanol–water partition coefficient (Wildman–Crippen LogP) is 4.49. The Morgan fingerprint density at radius 2 is 1.89 bits per heavy atom. The van der Waals surface area contributed by atoms with E-state index in [1.54, 1.807) is 7.11 Å². The van der Waals surface area contributed by atoms with Crippen LogP contribution in [-0.4, -0.2) is 14.2 Å². The number of benzene rings is 2. The van der Waals surface area contributed by atoms with Crippen LogP contribution in [0.4, 0.5) is 11.4 Å². The van der Waals surface area contributed by atoms with Crippen molar-refractivity contribution in [2.24, 2.45) is 0 Å². The van der Waals surface area contributed by atoms with E-state index in [-0.39, 0.29) is 0 Å². The highest BCUT2D eigenvalue weighted by Gasteiger charge is 2.21. The minimum absolute atomic E-state index is 0.910. The lowest BCUT2D eigenvalue weighted by molar-refractivity contribution is 0.413. The molecule has 19 heavy (non-hydrogen) atoms. The number of hydrogen-bond donors (Lipinski definition) is 0. The van der Waals surface area contributed by atoms with E-state index < -0.39 is 0 Å². The van der Waals surface area contributed by atoms with Crippen molar-refractivity contribution in [1.29, 1.82) is 0 Å². The molecule has 0 unspecified atom stereocenters. The fourth-order valence-electron chi connectivity index (χ4n) is 2.36. The fourth-order valence-corrected chi connectivity index (χ4v) is 3.52. The van der Waals surface area contributed by atoms with E-state index in [9.17, 15) is 0 Å². The molecule has 98 valence electrons. The van der Waals surface area contributed by atoms with Crippen LogP contribution in [0.2, 0.25) is 0 Å². The molecule has 2 aromatic rings. The Kier molecular flexibility index (Phi) is 3.15. The molecule has 3 heteroatoms. The maximum atomic E-state index is 5.31. The van der Waals surface area contributed by atoms with Crippen LogP contribution >= 0.6 is 11.8 Å². The molecular formula is C16H17NOS. The van der Waals surface area contributed by atoms with Crippen molar-refractivity contribution >= 4 is 23.1 Å². The zero-order valence-corrected chi connectivity index (χ0v) is 12.3. The zero-order chi connectivity index (χ0) is 13.4. The molecule has 0 saturated carbocycles. The number of fused-ring (bicyclic) bond motifs is 2. The lowest BCUT2D eigenvalue weighted by atomic mass is 10.1. The molecule has 2 aromatic carbocycles. The molecular weight excluding hydrogens is 254 g/mol. The summed E-state index contributed by atoms with van der Waals surface area (Å²) in [5.74, 6) is 0.910. The summed E-state index contributed by atoms with van der Waals surface area (Å²) in [6.07, 6.45) is 1.07. The monoisotopic (exact) mass is 271 g/mol. The first-order valence-electron chi connectivity index (χ1n) is 6.45. The van der Waals surface area contributed by atoms with Crippen LogP contribution in [0.15, 0.2) is 46.2 Å². The van der Waals surface area contributed by atoms with Crippen molar-refractivity contribution in [1.82, 2.24) is 0 Å². The molecule has 1 aliphatic rings. The Hall–Kier alpha value is -1.61. The van der Waals surface area contributed by atoms with Crippen LogP contribution in [0.3, 0.4) is 0 Å². The van der Waals surface area contributed by atoms with Gasteiger partial charge in [0.1, 0.15) is 5.75 Å². The van der Waals surface area contributed by atoms with E-state index in [2.05, 4.69) is 49.2 Å². The topological polar surface area (TPSA) is 12.5 Å². The van der Waals surface area contributed by atoms with Gasteiger partial charge in [-0.2, -0.15) is 0 Å². The van der Waals surface area contributed by atoms with E-state index in [4.69, 9.17) is 4.74 Å². The summed E-state index contributed by atoms with van der Waals surface area (Å²) in [6, 6.07) is 13.0. The van der Waals surface area contributed by atoms with Crippen molar-refractivity contribution in [2.75, 3.05) is 19.1 Å². The van der Waals surface area contributed by atoms with Crippen molar-refractivity contribution in [3.8, 4) is 5.75 Å². The first-order chi connectivity index (χ1) is 9.22. The molecule has 0 atom stereocenters. The van der Waals surface area contributed by atoms with Crippen molar-refractivity contribution in [3.63, 3.8) is 0 Å². The molecule has 0 saturated heterocycles. The highest BCUT2D eigenvalue weighted by molar-refractivity contribution is 7.99. The Morgan fingerprint density at radius 1 is 1.05 bits per heavy atom. The second-order valence-corrected chi connectivity index (χ2v) is 5.73. The summed E-state index contributed by atoms with van der Waals surface area (Å²) < 4.78 is 5.31. The summed E-state index contributed by atoms with van der Waals surface area (Å²) in [6.45, 7) is 2.19. The molecule has 0 bridgehead atoms. The number of rotatable bonds is 2. The van der Waals surface area contributed by atoms with E-state index in [0.29, 0.717) is 0 Å². The van der Waals surface area contributed by atoms with Crippen molar-refractivity contribution in [2.45, 2.75) is 23.1 Å². The maximum Gasteiger partial charge on any atom is 0.120 e. The molecule has 0 spiro atoms. The second-order valence-electron chi connectivity index (χ2n) is 4.65. The highest BCUT2D eigenvalue weighted by atomic mass is 32.2. The van der Waals surface area contributed by atoms with Crippen molar-refractivity contribution < 1.29 is 4.74 Å². The minimum Gasteiger partial charge on any atom is -0.497 e. The van der Waals surface area contributed by atoms with Gasteiger partial charge < -0.3 is 9.64 Å². The average molecular weight is 271 g/mol. The Bertz CT molecular complexity index is 624. The Balaban J connectivity index is 2.08. The van der Waals surface area contributed by atoms with Gasteiger partial charge in [0.25, 0.3) is 0 Å². The lowest BCUT2D eigenvalue weighted by Crippen LogP contribution is -2.14. The third-order valence-electron chi connectivity index (χ3n) is 3.54. The van der Waals surface area contributed by atoms with Crippen LogP contribution in [0.25, 0.3) is 0 Å². The first-order valence-corrected chi connectivity index (χ1v) is 7.27. The summed E-state index contributed by atoms with van der Waals surface area (Å²) in [5, 5.41) is 0. The predicted molar refractivity (Wildman–Crippen MR) is 81.0 cm³/mol. The molecule has 0 aromatic heterocycles. The maximum absolute atomic E-state index is 5.31. The van der Waals surface area contributed by atoms with Crippen LogP contribution in [0, 0.1) is 0 Å². The normalized spacial score (nSPS) is 12.9. The molecule has 1 aliphatic heterocycles. The van der Waals surface area contributed by atoms with E-state index in [1.165, 1.54) is 26.7 Å². The third-order valence-corrected chi connectivity index (χ3v) is 4.65. The van der Waals surface area contributed by atoms with Crippen LogP contribution in [-0.2, 0) is 6.42 Å². The Labute approximate surface area is 118 Å². The zero-order valence-electron chi connectivity index (χ0n) is 11.4. The second kappa shape index (κ2) is 4.82. The van der Waals surface area contributed by atoms with Gasteiger partial charge in [-0.05, 0) is 42.3 Å². The third kappa shape index (κ3) is 2.08. The average Bonchev–Trinajstić information content (AvgIpc) is 2.46. The molecule has 3 rings (SSSR count). The molecule has 0 amide bonds. The van der Waals surface area contributed by atoms with Gasteiger partial charge in [0, 0.05) is 16.8 Å². The number of aryl methyl sites for hydroxylation is 1. The van der Waals surface area contributed by atoms with Crippen LogP contribution in [0.1, 0.15) is 12.5 Å². The van der Waals surface area contributed by atoms with Crippen LogP contribution in [0.5, 0.6) is 5.75 Å². The number of anilines is 2. The standard InChI is InChI=1S/C16H17NOS/c1-4-11-5-8-15-14(9-11)17(2)13-7-6-12(18-3)10-16(13)19-15/h5-10H,4H2,1-3H3. The largest absolute Gasteiger partial charge is 0.497 e. The van der Waals surface area contributed by atoms with Gasteiger partial charge in [0.15, 0.2) is 0 Å². The number of methoxy groups -OCH3 is 1. The van der Waals surface area contributed by atoms with Crippen molar-refractivity contribution in [3.05, 3.63) is 42.0 Å². The van der Waals surface area contributed by atoms with Gasteiger partial charge in [0.05, 0.1) is 18.5 Å². The number of nitrogens with zero attached hydrogens (tertiary/aromatic N) is 1. The van der Waals surface area contributed by atoms with E-state index >= 15 is 0 Å². The highest BCUT2D eigenvalue weighted by Crippen LogP contribution is 2.48. The molecule has 2 nitrogen and oxygen atoms in total. The van der Waals surface area contributed by atoms with Crippen LogP contribution < -0.4 is 9.64 Å². The van der Waals surface area contributed by atoms with Gasteiger partial charge in [-0.1, -0.05) is 24.8 Å². The lowest BCUT2D eigenvalue weighted by Gasteiger charge is -2.30. The van der Waals surface area contributed by atoms with E-state index in [0.717, 1.165) is 12.2 Å². The summed E-state index contributed by atoms with van der Waals surface area (Å²) in [5.41, 5.74) is 3.91. The van der Waals surface area contributed by atoms with Gasteiger partial charge in [-0.25, -0.2) is 0 Å². The molecule has 1 heterocycles. The quantitative estimate of drug-likeness (QED) is 0.798. The Morgan fingerprint density at radius 3 is 2.63 bits per heavy atom. The first kappa shape index (κ1) is 12.4. The minimum atomic E-state index is 0.910. The summed E-state index contributed by atoms with van der Waals surface area (Å²) in [7, 11) is 3.84. The van der Waals surface area contributed by atoms with E-state index in [1.807, 2.05) is 17.8 Å². The van der Waals surface area contributed by atoms with Gasteiger partial charge >= 0.3 is 0 Å². The smallest absolute Gasteiger partial charge is 0.120 e. The summed E-state index contributed by atoms with van der Waals surface area (Å²) in [4.78, 5) is 4.82. The molecule has 0 radical (unpaired) electrons. The molecule has 0 fully saturated rings.